The van der Waals surface area contributed by atoms with E-state index in [1.165, 1.54) is 0 Å². The lowest BCUT2D eigenvalue weighted by atomic mass is 10.3. The van der Waals surface area contributed by atoms with Gasteiger partial charge < -0.3 is 19.7 Å². The second kappa shape index (κ2) is 3.34. The number of fused-ring (bicyclic) bond motifs is 1. The molecule has 2 heterocycles. The van der Waals surface area contributed by atoms with Crippen molar-refractivity contribution in [3.63, 3.8) is 0 Å². The van der Waals surface area contributed by atoms with Crippen molar-refractivity contribution in [2.24, 2.45) is 0 Å². The van der Waals surface area contributed by atoms with Crippen LogP contribution in [0, 0.1) is 0 Å². The van der Waals surface area contributed by atoms with Crippen molar-refractivity contribution < 1.29 is 14.6 Å². The highest BCUT2D eigenvalue weighted by molar-refractivity contribution is 5.87. The van der Waals surface area contributed by atoms with Gasteiger partial charge in [-0.2, -0.15) is 0 Å². The van der Waals surface area contributed by atoms with Crippen molar-refractivity contribution in [3.05, 3.63) is 17.5 Å². The summed E-state index contributed by atoms with van der Waals surface area (Å²) in [5.41, 5.74) is 1.22. The summed E-state index contributed by atoms with van der Waals surface area (Å²) in [6.07, 6.45) is 0. The smallest absolute Gasteiger partial charge is 0.352 e. The molecular weight excluding hydrogens is 184 g/mol. The van der Waals surface area contributed by atoms with E-state index in [4.69, 9.17) is 9.84 Å². The van der Waals surface area contributed by atoms with Crippen LogP contribution in [-0.2, 0) is 13.1 Å². The molecule has 2 rings (SSSR count). The van der Waals surface area contributed by atoms with Gasteiger partial charge in [-0.1, -0.05) is 0 Å². The zero-order chi connectivity index (χ0) is 10.1. The second-order valence-corrected chi connectivity index (χ2v) is 3.18. The molecule has 0 unspecified atom stereocenters. The van der Waals surface area contributed by atoms with Gasteiger partial charge in [-0.3, -0.25) is 0 Å². The zero-order valence-corrected chi connectivity index (χ0v) is 7.91. The molecule has 0 aromatic carbocycles. The van der Waals surface area contributed by atoms with E-state index in [-0.39, 0.29) is 0 Å². The normalized spacial score (nSPS) is 14.9. The number of aromatic carboxylic acids is 1. The second-order valence-electron chi connectivity index (χ2n) is 3.18. The van der Waals surface area contributed by atoms with Crippen LogP contribution in [0.4, 0.5) is 0 Å². The molecule has 0 bridgehead atoms. The molecule has 1 aromatic heterocycles. The topological polar surface area (TPSA) is 63.5 Å². The van der Waals surface area contributed by atoms with Gasteiger partial charge in [0.2, 0.25) is 0 Å². The molecule has 5 nitrogen and oxygen atoms in total. The molecule has 0 aliphatic carbocycles. The third-order valence-electron chi connectivity index (χ3n) is 2.41. The summed E-state index contributed by atoms with van der Waals surface area (Å²) in [5.74, 6) is -0.258. The van der Waals surface area contributed by atoms with Crippen LogP contribution in [0.3, 0.4) is 0 Å². The van der Waals surface area contributed by atoms with E-state index in [1.807, 2.05) is 0 Å². The van der Waals surface area contributed by atoms with Crippen molar-refractivity contribution in [1.29, 1.82) is 0 Å². The lowest BCUT2D eigenvalue weighted by Crippen LogP contribution is -2.29. The summed E-state index contributed by atoms with van der Waals surface area (Å²) in [5, 5.41) is 12.1. The number of carboxylic acids is 1. The van der Waals surface area contributed by atoms with Crippen LogP contribution in [-0.4, -0.2) is 29.3 Å². The van der Waals surface area contributed by atoms with E-state index >= 15 is 0 Å². The predicted molar refractivity (Wildman–Crippen MR) is 49.7 cm³/mol. The Balaban J connectivity index is 2.52. The molecule has 0 saturated carbocycles. The van der Waals surface area contributed by atoms with E-state index in [9.17, 15) is 4.79 Å². The standard InChI is InChI=1S/C9H12N2O3/c1-14-8-4-6(9(12)13)11-3-2-10-5-7(8)11/h4,10H,2-3,5H2,1H3,(H,12,13). The third-order valence-corrected chi connectivity index (χ3v) is 2.41. The molecule has 0 fully saturated rings. The summed E-state index contributed by atoms with van der Waals surface area (Å²) < 4.78 is 6.91. The summed E-state index contributed by atoms with van der Waals surface area (Å²) in [6, 6.07) is 1.57. The quantitative estimate of drug-likeness (QED) is 0.714. The largest absolute Gasteiger partial charge is 0.495 e. The van der Waals surface area contributed by atoms with Crippen LogP contribution in [0.2, 0.25) is 0 Å². The van der Waals surface area contributed by atoms with Crippen LogP contribution < -0.4 is 10.1 Å². The van der Waals surface area contributed by atoms with Gasteiger partial charge in [0.25, 0.3) is 0 Å². The monoisotopic (exact) mass is 196 g/mol. The molecule has 1 aliphatic heterocycles. The molecular formula is C9H12N2O3. The van der Waals surface area contributed by atoms with E-state index in [0.29, 0.717) is 24.5 Å². The van der Waals surface area contributed by atoms with Crippen molar-refractivity contribution in [1.82, 2.24) is 9.88 Å². The number of rotatable bonds is 2. The molecule has 5 heteroatoms. The predicted octanol–water partition coefficient (Wildman–Crippen LogP) is 0.298. The van der Waals surface area contributed by atoms with Crippen molar-refractivity contribution in [2.45, 2.75) is 13.1 Å². The lowest BCUT2D eigenvalue weighted by Gasteiger charge is -2.18. The maximum absolute atomic E-state index is 10.9. The minimum Gasteiger partial charge on any atom is -0.495 e. The Hall–Kier alpha value is -1.49. The molecule has 0 spiro atoms. The molecule has 0 atom stereocenters. The Morgan fingerprint density at radius 1 is 1.71 bits per heavy atom. The number of nitrogens with one attached hydrogen (secondary N) is 1. The van der Waals surface area contributed by atoms with Crippen LogP contribution in [0.25, 0.3) is 0 Å². The van der Waals surface area contributed by atoms with Gasteiger partial charge in [0, 0.05) is 25.7 Å². The summed E-state index contributed by atoms with van der Waals surface area (Å²) in [6.45, 7) is 2.14. The number of aromatic nitrogens is 1. The lowest BCUT2D eigenvalue weighted by molar-refractivity contribution is 0.0684. The first-order chi connectivity index (χ1) is 6.74. The number of hydrogen-bond acceptors (Lipinski definition) is 3. The minimum atomic E-state index is -0.906. The average molecular weight is 196 g/mol. The number of carboxylic acid groups (broad SMARTS) is 1. The highest BCUT2D eigenvalue weighted by Crippen LogP contribution is 2.25. The van der Waals surface area contributed by atoms with Gasteiger partial charge >= 0.3 is 5.97 Å². The number of nitrogens with zero attached hydrogens (tertiary/aromatic N) is 1. The highest BCUT2D eigenvalue weighted by atomic mass is 16.5. The zero-order valence-electron chi connectivity index (χ0n) is 7.91. The molecule has 0 radical (unpaired) electrons. The fourth-order valence-electron chi connectivity index (χ4n) is 1.75. The van der Waals surface area contributed by atoms with Gasteiger partial charge in [0.15, 0.2) is 0 Å². The SMILES string of the molecule is COc1cc(C(=O)O)n2c1CNCC2. The maximum Gasteiger partial charge on any atom is 0.352 e. The number of hydrogen-bond donors (Lipinski definition) is 2. The van der Waals surface area contributed by atoms with E-state index in [1.54, 1.807) is 17.7 Å². The number of ether oxygens (including phenoxy) is 1. The Morgan fingerprint density at radius 2 is 2.50 bits per heavy atom. The summed E-state index contributed by atoms with van der Waals surface area (Å²) in [7, 11) is 1.55. The summed E-state index contributed by atoms with van der Waals surface area (Å²) >= 11 is 0. The molecule has 14 heavy (non-hydrogen) atoms. The molecule has 0 saturated heterocycles. The van der Waals surface area contributed by atoms with Gasteiger partial charge in [0.05, 0.1) is 12.8 Å². The molecule has 0 amide bonds. The highest BCUT2D eigenvalue weighted by Gasteiger charge is 2.21. The van der Waals surface area contributed by atoms with Crippen LogP contribution in [0.15, 0.2) is 6.07 Å². The average Bonchev–Trinajstić information content (AvgIpc) is 2.56. The number of carbonyl (C=O) groups is 1. The van der Waals surface area contributed by atoms with Crippen LogP contribution in [0.1, 0.15) is 16.2 Å². The van der Waals surface area contributed by atoms with Crippen molar-refractivity contribution >= 4 is 5.97 Å². The fraction of sp³-hybridized carbons (Fsp3) is 0.444. The van der Waals surface area contributed by atoms with Gasteiger partial charge in [0.1, 0.15) is 11.4 Å². The van der Waals surface area contributed by atoms with Crippen LogP contribution >= 0.6 is 0 Å². The summed E-state index contributed by atoms with van der Waals surface area (Å²) in [4.78, 5) is 10.9. The van der Waals surface area contributed by atoms with E-state index in [2.05, 4.69) is 5.32 Å². The Kier molecular flexibility index (Phi) is 2.17. The first-order valence-electron chi connectivity index (χ1n) is 4.44. The first kappa shape index (κ1) is 9.08. The van der Waals surface area contributed by atoms with Crippen molar-refractivity contribution in [2.75, 3.05) is 13.7 Å². The molecule has 76 valence electrons. The maximum atomic E-state index is 10.9. The van der Waals surface area contributed by atoms with Gasteiger partial charge in [-0.15, -0.1) is 0 Å². The fourth-order valence-corrected chi connectivity index (χ4v) is 1.75. The van der Waals surface area contributed by atoms with E-state index < -0.39 is 5.97 Å². The Morgan fingerprint density at radius 3 is 3.14 bits per heavy atom. The molecule has 1 aromatic rings. The minimum absolute atomic E-state index is 0.304. The first-order valence-corrected chi connectivity index (χ1v) is 4.44. The van der Waals surface area contributed by atoms with Gasteiger partial charge in [-0.05, 0) is 0 Å². The third kappa shape index (κ3) is 1.26. The molecule has 2 N–H and O–H groups in total. The van der Waals surface area contributed by atoms with Crippen LogP contribution in [0.5, 0.6) is 5.75 Å². The number of methoxy groups -OCH3 is 1. The molecule has 1 aliphatic rings. The van der Waals surface area contributed by atoms with E-state index in [0.717, 1.165) is 12.2 Å². The Bertz CT molecular complexity index is 370. The Labute approximate surface area is 81.3 Å². The van der Waals surface area contributed by atoms with Crippen molar-refractivity contribution in [3.8, 4) is 5.75 Å². The van der Waals surface area contributed by atoms with Gasteiger partial charge in [-0.25, -0.2) is 4.79 Å².